The highest BCUT2D eigenvalue weighted by Gasteiger charge is 2.50. The minimum absolute atomic E-state index is 0.0822. The number of piperazine rings is 1. The molecule has 0 unspecified atom stereocenters. The van der Waals surface area contributed by atoms with E-state index in [4.69, 9.17) is 0 Å². The van der Waals surface area contributed by atoms with Crippen LogP contribution in [0.3, 0.4) is 0 Å². The summed E-state index contributed by atoms with van der Waals surface area (Å²) in [6.07, 6.45) is -1.11. The summed E-state index contributed by atoms with van der Waals surface area (Å²) in [5.41, 5.74) is 2.06. The normalized spacial score (nSPS) is 20.5. The monoisotopic (exact) mass is 540 g/mol. The quantitative estimate of drug-likeness (QED) is 0.460. The molecule has 1 aliphatic carbocycles. The van der Waals surface area contributed by atoms with Gasteiger partial charge in [0.05, 0.1) is 23.2 Å². The summed E-state index contributed by atoms with van der Waals surface area (Å²) < 4.78 is 43.0. The number of alkyl halides is 3. The van der Waals surface area contributed by atoms with Gasteiger partial charge in [0.2, 0.25) is 11.8 Å². The van der Waals surface area contributed by atoms with Crippen molar-refractivity contribution in [2.24, 2.45) is 0 Å². The van der Waals surface area contributed by atoms with E-state index in [2.05, 4.69) is 36.4 Å². The highest BCUT2D eigenvalue weighted by atomic mass is 19.4. The van der Waals surface area contributed by atoms with Crippen molar-refractivity contribution in [1.29, 1.82) is 0 Å². The van der Waals surface area contributed by atoms with Crippen LogP contribution >= 0.6 is 0 Å². The third kappa shape index (κ3) is 4.26. The molecule has 0 N–H and O–H groups in total. The number of fused-ring (bicyclic) bond motifs is 1. The number of carbonyl (C=O) groups is 2. The molecule has 1 aromatic carbocycles. The average Bonchev–Trinajstić information content (AvgIpc) is 3.48. The Morgan fingerprint density at radius 2 is 1.82 bits per heavy atom. The van der Waals surface area contributed by atoms with Crippen molar-refractivity contribution in [3.8, 4) is 11.5 Å². The number of hydrogen-bond acceptors (Lipinski definition) is 8. The Morgan fingerprint density at radius 3 is 2.46 bits per heavy atom. The van der Waals surface area contributed by atoms with Gasteiger partial charge in [-0.25, -0.2) is 0 Å². The van der Waals surface area contributed by atoms with Crippen molar-refractivity contribution in [3.05, 3.63) is 59.2 Å². The van der Waals surface area contributed by atoms with E-state index in [0.29, 0.717) is 16.8 Å². The lowest BCUT2D eigenvalue weighted by molar-refractivity contribution is -0.157. The Hall–Kier alpha value is -3.80. The molecule has 2 fully saturated rings. The molecule has 0 radical (unpaired) electrons. The summed E-state index contributed by atoms with van der Waals surface area (Å²) >= 11 is 0. The van der Waals surface area contributed by atoms with Crippen LogP contribution < -0.4 is 4.90 Å². The number of halogens is 3. The lowest BCUT2D eigenvalue weighted by atomic mass is 9.77. The summed E-state index contributed by atoms with van der Waals surface area (Å²) in [6.45, 7) is 6.32. The lowest BCUT2D eigenvalue weighted by Crippen LogP contribution is -2.54. The van der Waals surface area contributed by atoms with Gasteiger partial charge in [0, 0.05) is 42.6 Å². The van der Waals surface area contributed by atoms with Gasteiger partial charge in [-0.2, -0.15) is 13.2 Å². The Bertz CT molecular complexity index is 1460. The summed E-state index contributed by atoms with van der Waals surface area (Å²) in [4.78, 5) is 37.2. The van der Waals surface area contributed by atoms with E-state index < -0.39 is 23.4 Å². The molecule has 2 aromatic heterocycles. The van der Waals surface area contributed by atoms with E-state index in [1.54, 1.807) is 6.07 Å². The largest absolute Gasteiger partial charge is 0.470 e. The molecular formula is C27H27F3N6O3. The minimum Gasteiger partial charge on any atom is -0.413 e. The van der Waals surface area contributed by atoms with Gasteiger partial charge in [0.25, 0.3) is 5.91 Å². The Kier molecular flexibility index (Phi) is 5.62. The van der Waals surface area contributed by atoms with Gasteiger partial charge in [-0.1, -0.05) is 0 Å². The first-order valence-electron chi connectivity index (χ1n) is 12.7. The van der Waals surface area contributed by atoms with E-state index in [0.717, 1.165) is 25.3 Å². The fraction of sp³-hybridized carbons (Fsp3) is 0.444. The van der Waals surface area contributed by atoms with Crippen LogP contribution in [0.4, 0.5) is 18.9 Å². The topological polar surface area (TPSA) is 95.7 Å². The average molecular weight is 541 g/mol. The maximum atomic E-state index is 13.6. The number of benzene rings is 1. The predicted octanol–water partition coefficient (Wildman–Crippen LogP) is 3.90. The molecule has 1 saturated carbocycles. The van der Waals surface area contributed by atoms with E-state index in [-0.39, 0.29) is 29.4 Å². The molecule has 9 nitrogen and oxygen atoms in total. The summed E-state index contributed by atoms with van der Waals surface area (Å²) in [5, 5.41) is 6.44. The molecule has 12 heteroatoms. The van der Waals surface area contributed by atoms with Crippen LogP contribution in [0.1, 0.15) is 54.2 Å². The first kappa shape index (κ1) is 25.5. The lowest BCUT2D eigenvalue weighted by Gasteiger charge is -2.42. The zero-order valence-electron chi connectivity index (χ0n) is 21.7. The summed E-state index contributed by atoms with van der Waals surface area (Å²) in [5.74, 6) is -2.53. The van der Waals surface area contributed by atoms with Crippen LogP contribution in [0.25, 0.3) is 11.5 Å². The molecule has 6 rings (SSSR count). The Labute approximate surface area is 222 Å². The van der Waals surface area contributed by atoms with Crippen molar-refractivity contribution in [3.63, 3.8) is 0 Å². The first-order chi connectivity index (χ1) is 18.4. The number of anilines is 1. The van der Waals surface area contributed by atoms with Gasteiger partial charge in [-0.3, -0.25) is 24.4 Å². The number of nitrogens with zero attached hydrogens (tertiary/aromatic N) is 6. The number of imide groups is 1. The molecule has 0 atom stereocenters. The fourth-order valence-corrected chi connectivity index (χ4v) is 5.49. The number of rotatable bonds is 4. The molecule has 3 aliphatic rings. The third-order valence-corrected chi connectivity index (χ3v) is 8.18. The van der Waals surface area contributed by atoms with Gasteiger partial charge in [-0.15, -0.1) is 10.2 Å². The van der Waals surface area contributed by atoms with Gasteiger partial charge in [0.15, 0.2) is 0 Å². The summed E-state index contributed by atoms with van der Waals surface area (Å²) in [7, 11) is 2.17. The number of hydrogen-bond donors (Lipinski definition) is 0. The van der Waals surface area contributed by atoms with Crippen LogP contribution in [0.2, 0.25) is 0 Å². The van der Waals surface area contributed by atoms with E-state index in [9.17, 15) is 22.8 Å². The summed E-state index contributed by atoms with van der Waals surface area (Å²) in [6, 6.07) is 8.71. The maximum Gasteiger partial charge on any atom is 0.470 e. The fourth-order valence-electron chi connectivity index (χ4n) is 5.49. The van der Waals surface area contributed by atoms with Crippen molar-refractivity contribution in [1.82, 2.24) is 25.0 Å². The number of aromatic nitrogens is 3. The first-order valence-corrected chi connectivity index (χ1v) is 12.7. The molecule has 204 valence electrons. The Morgan fingerprint density at radius 1 is 1.05 bits per heavy atom. The van der Waals surface area contributed by atoms with Crippen LogP contribution in [0, 0.1) is 0 Å². The number of likely N-dealkylation sites (N-methyl/N-ethyl adjacent to an activating group) is 1. The SMILES string of the molecule is CN1CCN(c2ccc3c(c2)C(C)(C)C(=O)N(Cc2ccc(-c4nnc(C(F)(F)F)o4)cn2)C3=O)CC12CC2. The highest BCUT2D eigenvalue weighted by Crippen LogP contribution is 2.45. The van der Waals surface area contributed by atoms with E-state index >= 15 is 0 Å². The second-order valence-corrected chi connectivity index (χ2v) is 11.1. The van der Waals surface area contributed by atoms with Crippen LogP contribution in [-0.2, 0) is 22.9 Å². The maximum absolute atomic E-state index is 13.6. The molecule has 2 aliphatic heterocycles. The van der Waals surface area contributed by atoms with E-state index in [1.807, 2.05) is 26.0 Å². The van der Waals surface area contributed by atoms with Crippen LogP contribution in [-0.4, -0.2) is 69.0 Å². The molecule has 39 heavy (non-hydrogen) atoms. The van der Waals surface area contributed by atoms with Crippen molar-refractivity contribution < 1.29 is 27.2 Å². The molecule has 3 aromatic rings. The van der Waals surface area contributed by atoms with Gasteiger partial charge in [0.1, 0.15) is 0 Å². The van der Waals surface area contributed by atoms with Crippen molar-refractivity contribution in [2.45, 2.75) is 50.4 Å². The zero-order chi connectivity index (χ0) is 27.7. The third-order valence-electron chi connectivity index (χ3n) is 8.18. The van der Waals surface area contributed by atoms with Gasteiger partial charge >= 0.3 is 12.1 Å². The zero-order valence-corrected chi connectivity index (χ0v) is 21.7. The number of amides is 2. The van der Waals surface area contributed by atoms with Crippen molar-refractivity contribution in [2.75, 3.05) is 31.6 Å². The molecule has 4 heterocycles. The molecular weight excluding hydrogens is 513 g/mol. The smallest absolute Gasteiger partial charge is 0.413 e. The molecule has 1 spiro atoms. The molecule has 0 bridgehead atoms. The number of carbonyl (C=O) groups excluding carboxylic acids is 2. The van der Waals surface area contributed by atoms with Crippen LogP contribution in [0.15, 0.2) is 40.9 Å². The Balaban J connectivity index is 1.23. The molecule has 2 amide bonds. The second kappa shape index (κ2) is 8.60. The van der Waals surface area contributed by atoms with E-state index in [1.165, 1.54) is 36.1 Å². The van der Waals surface area contributed by atoms with Crippen LogP contribution in [0.5, 0.6) is 0 Å². The van der Waals surface area contributed by atoms with Crippen molar-refractivity contribution >= 4 is 17.5 Å². The molecule has 1 saturated heterocycles. The minimum atomic E-state index is -4.75. The standard InChI is InChI=1S/C27H27F3N6O3/c1-25(2)20-12-18(35-11-10-34(3)26(15-35)8-9-26)6-7-19(20)22(37)36(24(25)38)14-17-5-4-16(13-31-17)21-32-33-23(39-21)27(28,29)30/h4-7,12-13H,8-11,14-15H2,1-3H3. The second-order valence-electron chi connectivity index (χ2n) is 11.1. The van der Waals surface area contributed by atoms with Gasteiger partial charge in [-0.05, 0) is 69.6 Å². The number of pyridine rings is 1. The van der Waals surface area contributed by atoms with Gasteiger partial charge < -0.3 is 9.32 Å². The highest BCUT2D eigenvalue weighted by molar-refractivity contribution is 6.13. The predicted molar refractivity (Wildman–Crippen MR) is 134 cm³/mol.